The van der Waals surface area contributed by atoms with Crippen LogP contribution in [0, 0.1) is 0 Å². The van der Waals surface area contributed by atoms with Gasteiger partial charge in [0.15, 0.2) is 6.61 Å². The molecule has 2 heterocycles. The van der Waals surface area contributed by atoms with Gasteiger partial charge in [0.25, 0.3) is 11.8 Å². The Labute approximate surface area is 116 Å². The number of carbonyl (C=O) groups is 2. The first-order valence-electron chi connectivity index (χ1n) is 6.67. The van der Waals surface area contributed by atoms with E-state index in [-0.39, 0.29) is 18.4 Å². The number of aliphatic hydroxyl groups excluding tert-OH is 1. The second kappa shape index (κ2) is 5.13. The lowest BCUT2D eigenvalue weighted by molar-refractivity contribution is -0.118. The predicted molar refractivity (Wildman–Crippen MR) is 71.7 cm³/mol. The van der Waals surface area contributed by atoms with E-state index in [2.05, 4.69) is 5.32 Å². The number of nitrogens with zero attached hydrogens (tertiary/aromatic N) is 1. The average molecular weight is 276 g/mol. The summed E-state index contributed by atoms with van der Waals surface area (Å²) in [5.74, 6) is 0.191. The Morgan fingerprint density at radius 3 is 3.10 bits per heavy atom. The van der Waals surface area contributed by atoms with E-state index in [1.165, 1.54) is 0 Å². The van der Waals surface area contributed by atoms with Gasteiger partial charge in [-0.25, -0.2) is 0 Å². The fourth-order valence-electron chi connectivity index (χ4n) is 2.53. The molecular weight excluding hydrogens is 260 g/mol. The summed E-state index contributed by atoms with van der Waals surface area (Å²) >= 11 is 0. The van der Waals surface area contributed by atoms with Crippen LogP contribution in [0.15, 0.2) is 18.2 Å². The number of hydrogen-bond donors (Lipinski definition) is 2. The summed E-state index contributed by atoms with van der Waals surface area (Å²) in [4.78, 5) is 25.2. The topological polar surface area (TPSA) is 78.9 Å². The van der Waals surface area contributed by atoms with E-state index in [1.54, 1.807) is 23.1 Å². The van der Waals surface area contributed by atoms with Crippen molar-refractivity contribution < 1.29 is 19.4 Å². The molecule has 1 atom stereocenters. The standard InChI is InChI=1S/C14H16N2O4/c17-10-2-1-5-16(7-10)14(19)9-3-4-11-12(6-9)20-8-13(18)15-11/h3-4,6,10,17H,1-2,5,7-8H2,(H,15,18)/t10-/m0/s1. The molecule has 20 heavy (non-hydrogen) atoms. The molecule has 0 aliphatic carbocycles. The summed E-state index contributed by atoms with van der Waals surface area (Å²) in [5.41, 5.74) is 1.09. The third kappa shape index (κ3) is 2.46. The smallest absolute Gasteiger partial charge is 0.262 e. The number of piperidine rings is 1. The van der Waals surface area contributed by atoms with E-state index in [0.29, 0.717) is 30.1 Å². The third-order valence-electron chi connectivity index (χ3n) is 3.55. The number of benzene rings is 1. The summed E-state index contributed by atoms with van der Waals surface area (Å²) in [6.45, 7) is 0.991. The number of likely N-dealkylation sites (tertiary alicyclic amines) is 1. The van der Waals surface area contributed by atoms with Crippen molar-refractivity contribution in [3.05, 3.63) is 23.8 Å². The zero-order valence-corrected chi connectivity index (χ0v) is 11.0. The molecule has 0 aromatic heterocycles. The first-order valence-corrected chi connectivity index (χ1v) is 6.67. The summed E-state index contributed by atoms with van der Waals surface area (Å²) in [6.07, 6.45) is 1.11. The number of anilines is 1. The highest BCUT2D eigenvalue weighted by atomic mass is 16.5. The van der Waals surface area contributed by atoms with Gasteiger partial charge in [-0.05, 0) is 31.0 Å². The first kappa shape index (κ1) is 12.9. The van der Waals surface area contributed by atoms with Crippen molar-refractivity contribution in [2.75, 3.05) is 25.0 Å². The number of nitrogens with one attached hydrogen (secondary N) is 1. The van der Waals surface area contributed by atoms with E-state index in [0.717, 1.165) is 12.8 Å². The van der Waals surface area contributed by atoms with Crippen LogP contribution in [-0.4, -0.2) is 47.6 Å². The van der Waals surface area contributed by atoms with Crippen molar-refractivity contribution in [1.29, 1.82) is 0 Å². The molecule has 6 heteroatoms. The number of β-amino-alcohol motifs (C(OH)–C–C–N with tert-alkyl or cyclic N) is 1. The Morgan fingerprint density at radius 1 is 1.45 bits per heavy atom. The molecule has 0 saturated carbocycles. The van der Waals surface area contributed by atoms with Crippen LogP contribution in [0.5, 0.6) is 5.75 Å². The Morgan fingerprint density at radius 2 is 2.30 bits per heavy atom. The monoisotopic (exact) mass is 276 g/mol. The Hall–Kier alpha value is -2.08. The first-order chi connectivity index (χ1) is 9.63. The summed E-state index contributed by atoms with van der Waals surface area (Å²) in [6, 6.07) is 4.97. The van der Waals surface area contributed by atoms with Crippen LogP contribution in [0.4, 0.5) is 5.69 Å². The van der Waals surface area contributed by atoms with Gasteiger partial charge in [-0.1, -0.05) is 0 Å². The van der Waals surface area contributed by atoms with Crippen LogP contribution >= 0.6 is 0 Å². The van der Waals surface area contributed by atoms with Crippen molar-refractivity contribution in [2.24, 2.45) is 0 Å². The molecule has 2 aliphatic heterocycles. The third-order valence-corrected chi connectivity index (χ3v) is 3.55. The van der Waals surface area contributed by atoms with Crippen LogP contribution in [0.2, 0.25) is 0 Å². The Kier molecular flexibility index (Phi) is 3.31. The van der Waals surface area contributed by atoms with Crippen molar-refractivity contribution in [3.63, 3.8) is 0 Å². The maximum atomic E-state index is 12.4. The minimum atomic E-state index is -0.444. The zero-order chi connectivity index (χ0) is 14.1. The van der Waals surface area contributed by atoms with Crippen LogP contribution in [0.25, 0.3) is 0 Å². The van der Waals surface area contributed by atoms with Crippen LogP contribution in [0.3, 0.4) is 0 Å². The molecule has 3 rings (SSSR count). The van der Waals surface area contributed by atoms with E-state index < -0.39 is 6.10 Å². The molecule has 2 aliphatic rings. The van der Waals surface area contributed by atoms with Crippen molar-refractivity contribution >= 4 is 17.5 Å². The van der Waals surface area contributed by atoms with E-state index in [4.69, 9.17) is 4.74 Å². The fraction of sp³-hybridized carbons (Fsp3) is 0.429. The second-order valence-electron chi connectivity index (χ2n) is 5.10. The van der Waals surface area contributed by atoms with Gasteiger partial charge in [0.2, 0.25) is 0 Å². The number of hydrogen-bond acceptors (Lipinski definition) is 4. The molecular formula is C14H16N2O4. The average Bonchev–Trinajstić information content (AvgIpc) is 2.46. The largest absolute Gasteiger partial charge is 0.482 e. The molecule has 1 aromatic rings. The number of aliphatic hydroxyl groups is 1. The van der Waals surface area contributed by atoms with Gasteiger partial charge >= 0.3 is 0 Å². The van der Waals surface area contributed by atoms with E-state index >= 15 is 0 Å². The zero-order valence-electron chi connectivity index (χ0n) is 11.0. The van der Waals surface area contributed by atoms with Crippen molar-refractivity contribution in [3.8, 4) is 5.75 Å². The number of rotatable bonds is 1. The molecule has 1 saturated heterocycles. The molecule has 1 fully saturated rings. The van der Waals surface area contributed by atoms with Crippen molar-refractivity contribution in [2.45, 2.75) is 18.9 Å². The molecule has 2 amide bonds. The van der Waals surface area contributed by atoms with Crippen LogP contribution in [-0.2, 0) is 4.79 Å². The molecule has 0 unspecified atom stereocenters. The minimum absolute atomic E-state index is 0.0347. The molecule has 0 bridgehead atoms. The van der Waals surface area contributed by atoms with E-state index in [9.17, 15) is 14.7 Å². The van der Waals surface area contributed by atoms with Crippen molar-refractivity contribution in [1.82, 2.24) is 4.90 Å². The lowest BCUT2D eigenvalue weighted by Crippen LogP contribution is -2.42. The molecule has 0 radical (unpaired) electrons. The summed E-state index contributed by atoms with van der Waals surface area (Å²) in [5, 5.41) is 12.3. The number of amides is 2. The summed E-state index contributed by atoms with van der Waals surface area (Å²) in [7, 11) is 0. The van der Waals surface area contributed by atoms with Crippen LogP contribution < -0.4 is 10.1 Å². The quantitative estimate of drug-likeness (QED) is 0.788. The number of fused-ring (bicyclic) bond motifs is 1. The highest BCUT2D eigenvalue weighted by Gasteiger charge is 2.24. The number of ether oxygens (including phenoxy) is 1. The second-order valence-corrected chi connectivity index (χ2v) is 5.10. The Bertz CT molecular complexity index is 558. The lowest BCUT2D eigenvalue weighted by Gasteiger charge is -2.30. The minimum Gasteiger partial charge on any atom is -0.482 e. The Balaban J connectivity index is 1.80. The SMILES string of the molecule is O=C1COc2cc(C(=O)N3CCC[C@H](O)C3)ccc2N1. The van der Waals surface area contributed by atoms with Gasteiger partial charge in [0, 0.05) is 18.7 Å². The van der Waals surface area contributed by atoms with Gasteiger partial charge < -0.3 is 20.1 Å². The maximum absolute atomic E-state index is 12.4. The normalized spacial score (nSPS) is 21.8. The van der Waals surface area contributed by atoms with Gasteiger partial charge in [0.1, 0.15) is 5.75 Å². The van der Waals surface area contributed by atoms with Gasteiger partial charge in [-0.3, -0.25) is 9.59 Å². The highest BCUT2D eigenvalue weighted by molar-refractivity contribution is 5.99. The maximum Gasteiger partial charge on any atom is 0.262 e. The fourth-order valence-corrected chi connectivity index (χ4v) is 2.53. The molecule has 6 nitrogen and oxygen atoms in total. The van der Waals surface area contributed by atoms with E-state index in [1.807, 2.05) is 0 Å². The molecule has 1 aromatic carbocycles. The summed E-state index contributed by atoms with van der Waals surface area (Å²) < 4.78 is 5.30. The predicted octanol–water partition coefficient (Wildman–Crippen LogP) is 0.614. The van der Waals surface area contributed by atoms with Gasteiger partial charge in [0.05, 0.1) is 11.8 Å². The van der Waals surface area contributed by atoms with Crippen LogP contribution in [0.1, 0.15) is 23.2 Å². The lowest BCUT2D eigenvalue weighted by atomic mass is 10.1. The molecule has 2 N–H and O–H groups in total. The molecule has 0 spiro atoms. The molecule has 106 valence electrons. The number of carbonyl (C=O) groups excluding carboxylic acids is 2. The highest BCUT2D eigenvalue weighted by Crippen LogP contribution is 2.29. The van der Waals surface area contributed by atoms with Gasteiger partial charge in [-0.2, -0.15) is 0 Å². The van der Waals surface area contributed by atoms with Gasteiger partial charge in [-0.15, -0.1) is 0 Å².